The molecule has 1 N–H and O–H groups in total. The summed E-state index contributed by atoms with van der Waals surface area (Å²) in [6, 6.07) is 64.6. The molecule has 15 rings (SSSR count). The number of nitrogens with one attached hydrogen (secondary N) is 1. The Morgan fingerprint density at radius 2 is 1.13 bits per heavy atom. The van der Waals surface area contributed by atoms with E-state index in [1.165, 1.54) is 122 Å². The van der Waals surface area contributed by atoms with Crippen LogP contribution in [-0.4, -0.2) is 11.3 Å². The van der Waals surface area contributed by atoms with Crippen LogP contribution in [0.25, 0.3) is 103 Å². The van der Waals surface area contributed by atoms with E-state index in [4.69, 9.17) is 4.42 Å². The van der Waals surface area contributed by atoms with Crippen LogP contribution in [0, 0.1) is 0 Å². The molecule has 0 fully saturated rings. The fraction of sp³-hybridized carbons (Fsp3) is 0.222. The van der Waals surface area contributed by atoms with Gasteiger partial charge in [0.2, 0.25) is 6.71 Å². The van der Waals surface area contributed by atoms with Crippen molar-refractivity contribution >= 4 is 93.1 Å². The SMILES string of the molecule is CB1c2cc3c(-c4ccccc4)oc(-c4ccccc4)c3cc2-n2c3cc4c(cc3c3ccc(-c5cc6c(cc5Nc5ccc(C(C)(C)C)cc5)sc5cc7c(cc56)C(C)(C)CCC7(C)C)c1c32)C(C)(C)c1ccccc1-4. The summed E-state index contributed by atoms with van der Waals surface area (Å²) in [6.45, 7) is 24.0. The van der Waals surface area contributed by atoms with Crippen molar-refractivity contribution in [3.63, 3.8) is 0 Å². The summed E-state index contributed by atoms with van der Waals surface area (Å²) in [5, 5.41) is 11.6. The van der Waals surface area contributed by atoms with Crippen LogP contribution in [0.2, 0.25) is 6.82 Å². The maximum atomic E-state index is 7.14. The number of benzene rings is 9. The first-order valence-electron chi connectivity index (χ1n) is 27.8. The number of hydrogen-bond donors (Lipinski definition) is 1. The van der Waals surface area contributed by atoms with Crippen molar-refractivity contribution in [3.05, 3.63) is 198 Å². The van der Waals surface area contributed by atoms with E-state index < -0.39 is 0 Å². The minimum Gasteiger partial charge on any atom is -0.455 e. The summed E-state index contributed by atoms with van der Waals surface area (Å²) in [4.78, 5) is 0. The smallest absolute Gasteiger partial charge is 0.212 e. The second-order valence-corrected chi connectivity index (χ2v) is 26.7. The molecule has 0 saturated carbocycles. The van der Waals surface area contributed by atoms with Crippen molar-refractivity contribution in [3.8, 4) is 50.6 Å². The van der Waals surface area contributed by atoms with Crippen LogP contribution in [0.15, 0.2) is 174 Å². The van der Waals surface area contributed by atoms with E-state index in [2.05, 4.69) is 249 Å². The van der Waals surface area contributed by atoms with Gasteiger partial charge in [0.25, 0.3) is 0 Å². The first kappa shape index (κ1) is 46.7. The Morgan fingerprint density at radius 1 is 0.519 bits per heavy atom. The third-order valence-electron chi connectivity index (χ3n) is 18.6. The fourth-order valence-corrected chi connectivity index (χ4v) is 15.3. The molecule has 3 aliphatic rings. The number of thiophene rings is 1. The van der Waals surface area contributed by atoms with Gasteiger partial charge in [-0.2, -0.15) is 0 Å². The number of aromatic nitrogens is 1. The highest BCUT2D eigenvalue weighted by atomic mass is 32.1. The highest BCUT2D eigenvalue weighted by Gasteiger charge is 2.40. The molecule has 0 atom stereocenters. The predicted octanol–water partition coefficient (Wildman–Crippen LogP) is 19.1. The Hall–Kier alpha value is -7.60. The lowest BCUT2D eigenvalue weighted by Crippen LogP contribution is -2.46. The van der Waals surface area contributed by atoms with Crippen LogP contribution in [-0.2, 0) is 21.7 Å². The lowest BCUT2D eigenvalue weighted by atomic mass is 9.40. The first-order valence-corrected chi connectivity index (χ1v) is 28.7. The number of hydrogen-bond acceptors (Lipinski definition) is 3. The normalized spacial score (nSPS) is 15.8. The Balaban J connectivity index is 1.05. The average Bonchev–Trinajstić information content (AvgIpc) is 4.20. The van der Waals surface area contributed by atoms with Gasteiger partial charge in [-0.1, -0.05) is 190 Å². The van der Waals surface area contributed by atoms with Crippen molar-refractivity contribution in [1.82, 2.24) is 4.57 Å². The molecule has 3 nitrogen and oxygen atoms in total. The lowest BCUT2D eigenvalue weighted by molar-refractivity contribution is 0.332. The quantitative estimate of drug-likeness (QED) is 0.174. The molecule has 0 amide bonds. The van der Waals surface area contributed by atoms with Crippen LogP contribution < -0.4 is 16.2 Å². The van der Waals surface area contributed by atoms with Gasteiger partial charge in [-0.05, 0) is 134 Å². The van der Waals surface area contributed by atoms with Crippen molar-refractivity contribution < 1.29 is 4.42 Å². The first-order chi connectivity index (χ1) is 36.9. The molecular weight excluding hydrogens is 952 g/mol. The van der Waals surface area contributed by atoms with E-state index in [0.29, 0.717) is 0 Å². The van der Waals surface area contributed by atoms with E-state index in [-0.39, 0.29) is 28.4 Å². The highest BCUT2D eigenvalue weighted by Crippen LogP contribution is 2.54. The molecule has 2 aliphatic carbocycles. The topological polar surface area (TPSA) is 30.1 Å². The van der Waals surface area contributed by atoms with Gasteiger partial charge < -0.3 is 14.3 Å². The Labute approximate surface area is 456 Å². The number of furan rings is 1. The number of fused-ring (bicyclic) bond motifs is 13. The van der Waals surface area contributed by atoms with Gasteiger partial charge in [0, 0.05) is 86.4 Å². The summed E-state index contributed by atoms with van der Waals surface area (Å²) < 4.78 is 12.5. The van der Waals surface area contributed by atoms with Crippen molar-refractivity contribution in [2.24, 2.45) is 0 Å². The largest absolute Gasteiger partial charge is 0.455 e. The molecule has 0 unspecified atom stereocenters. The van der Waals surface area contributed by atoms with Crippen molar-refractivity contribution in [1.29, 1.82) is 0 Å². The second-order valence-electron chi connectivity index (χ2n) is 25.6. The Morgan fingerprint density at radius 3 is 1.82 bits per heavy atom. The van der Waals surface area contributed by atoms with E-state index >= 15 is 0 Å². The third kappa shape index (κ3) is 6.75. The van der Waals surface area contributed by atoms with Crippen molar-refractivity contribution in [2.75, 3.05) is 5.32 Å². The van der Waals surface area contributed by atoms with Crippen LogP contribution in [0.1, 0.15) is 103 Å². The van der Waals surface area contributed by atoms with Gasteiger partial charge in [0.1, 0.15) is 11.5 Å². The summed E-state index contributed by atoms with van der Waals surface area (Å²) in [5.74, 6) is 1.80. The van der Waals surface area contributed by atoms with Gasteiger partial charge in [-0.25, -0.2) is 0 Å². The summed E-state index contributed by atoms with van der Waals surface area (Å²) >= 11 is 1.94. The maximum absolute atomic E-state index is 7.14. The molecule has 0 bridgehead atoms. The number of rotatable bonds is 5. The van der Waals surface area contributed by atoms with Crippen molar-refractivity contribution in [2.45, 2.75) is 104 Å². The predicted molar refractivity (Wildman–Crippen MR) is 332 cm³/mol. The van der Waals surface area contributed by atoms with Crippen LogP contribution in [0.4, 0.5) is 11.4 Å². The molecule has 3 aromatic heterocycles. The average molecular weight is 1020 g/mol. The summed E-state index contributed by atoms with van der Waals surface area (Å²) in [7, 11) is 0. The standard InChI is InChI=1S/C72H63BN2OS/c1-69(2,3)43-25-27-44(28-26-43)74-60-40-64-51(52-35-57-58(39-63(52)77-64)71(6,7)32-31-70(57,4)5)33-49(60)46-29-30-47-50-34-56-48(45-23-17-18-24-55(45)72(56,8)9)37-61(50)75-62-38-54-53(36-59(62)73(10)65(46)66(47)75)67(41-19-13-11-14-20-41)76-68(54)42-21-15-12-16-22-42/h11-30,33-40,74H,31-32H2,1-10H3. The molecule has 4 heterocycles. The summed E-state index contributed by atoms with van der Waals surface area (Å²) in [6.07, 6.45) is 2.38. The van der Waals surface area contributed by atoms with Crippen LogP contribution in [0.3, 0.4) is 0 Å². The lowest BCUT2D eigenvalue weighted by Gasteiger charge is -2.41. The number of anilines is 2. The Bertz CT molecular complexity index is 4480. The van der Waals surface area contributed by atoms with Gasteiger partial charge in [0.05, 0.1) is 5.52 Å². The minimum atomic E-state index is -0.140. The van der Waals surface area contributed by atoms with Gasteiger partial charge in [-0.3, -0.25) is 0 Å². The fourth-order valence-electron chi connectivity index (χ4n) is 14.2. The molecule has 12 aromatic rings. The zero-order chi connectivity index (χ0) is 52.7. The molecule has 376 valence electrons. The molecule has 0 radical (unpaired) electrons. The zero-order valence-electron chi connectivity index (χ0n) is 45.9. The zero-order valence-corrected chi connectivity index (χ0v) is 46.7. The van der Waals surface area contributed by atoms with E-state index in [1.54, 1.807) is 0 Å². The van der Waals surface area contributed by atoms with E-state index in [1.807, 2.05) is 11.3 Å². The van der Waals surface area contributed by atoms with Gasteiger partial charge in [0.15, 0.2) is 0 Å². The minimum absolute atomic E-state index is 0.0245. The molecule has 9 aromatic carbocycles. The van der Waals surface area contributed by atoms with Crippen LogP contribution >= 0.6 is 11.3 Å². The molecule has 77 heavy (non-hydrogen) atoms. The highest BCUT2D eigenvalue weighted by molar-refractivity contribution is 7.25. The summed E-state index contributed by atoms with van der Waals surface area (Å²) in [5.41, 5.74) is 23.1. The van der Waals surface area contributed by atoms with Gasteiger partial charge >= 0.3 is 0 Å². The number of nitrogens with zero attached hydrogens (tertiary/aromatic N) is 1. The molecule has 0 spiro atoms. The van der Waals surface area contributed by atoms with E-state index in [0.717, 1.165) is 44.8 Å². The second kappa shape index (κ2) is 16.0. The molecule has 1 aliphatic heterocycles. The Kier molecular flexibility index (Phi) is 9.70. The maximum Gasteiger partial charge on any atom is 0.212 e. The molecule has 0 saturated heterocycles. The van der Waals surface area contributed by atoms with E-state index in [9.17, 15) is 0 Å². The molecular formula is C72H63BN2OS. The van der Waals surface area contributed by atoms with Crippen LogP contribution in [0.5, 0.6) is 0 Å². The van der Waals surface area contributed by atoms with Gasteiger partial charge in [-0.15, -0.1) is 11.3 Å². The third-order valence-corrected chi connectivity index (χ3v) is 19.8. The molecule has 5 heteroatoms. The monoisotopic (exact) mass is 1010 g/mol.